The van der Waals surface area contributed by atoms with Gasteiger partial charge in [0.2, 0.25) is 0 Å². The quantitative estimate of drug-likeness (QED) is 0.733. The van der Waals surface area contributed by atoms with Crippen molar-refractivity contribution in [3.8, 4) is 5.75 Å². The number of rotatable bonds is 6. The molecule has 1 aromatic rings. The molecule has 4 heteroatoms. The molecule has 0 amide bonds. The molecule has 0 aliphatic carbocycles. The molecule has 2 rings (SSSR count). The van der Waals surface area contributed by atoms with E-state index in [0.29, 0.717) is 0 Å². The van der Waals surface area contributed by atoms with Gasteiger partial charge in [-0.05, 0) is 44.0 Å². The summed E-state index contributed by atoms with van der Waals surface area (Å²) >= 11 is 0. The zero-order chi connectivity index (χ0) is 13.7. The molecule has 0 aromatic heterocycles. The Morgan fingerprint density at radius 3 is 3.11 bits per heavy atom. The van der Waals surface area contributed by atoms with Crippen LogP contribution >= 0.6 is 0 Å². The highest BCUT2D eigenvalue weighted by atomic mass is 16.5. The van der Waals surface area contributed by atoms with Gasteiger partial charge in [-0.15, -0.1) is 0 Å². The van der Waals surface area contributed by atoms with Gasteiger partial charge in [0.05, 0.1) is 18.8 Å². The summed E-state index contributed by atoms with van der Waals surface area (Å²) in [6.45, 7) is 6.09. The smallest absolute Gasteiger partial charge is 0.142 e. The Morgan fingerprint density at radius 1 is 1.53 bits per heavy atom. The van der Waals surface area contributed by atoms with Crippen molar-refractivity contribution >= 4 is 5.69 Å². The lowest BCUT2D eigenvalue weighted by atomic mass is 10.1. The van der Waals surface area contributed by atoms with Crippen LogP contribution in [0.5, 0.6) is 5.75 Å². The number of aliphatic hydroxyl groups is 1. The first-order valence-corrected chi connectivity index (χ1v) is 7.10. The van der Waals surface area contributed by atoms with Gasteiger partial charge in [-0.3, -0.25) is 0 Å². The van der Waals surface area contributed by atoms with E-state index < -0.39 is 0 Å². The van der Waals surface area contributed by atoms with Crippen LogP contribution in [0.2, 0.25) is 0 Å². The van der Waals surface area contributed by atoms with Crippen LogP contribution in [-0.4, -0.2) is 36.9 Å². The average Bonchev–Trinajstić information content (AvgIpc) is 2.43. The second-order valence-corrected chi connectivity index (χ2v) is 5.13. The van der Waals surface area contributed by atoms with Gasteiger partial charge >= 0.3 is 0 Å². The first kappa shape index (κ1) is 14.2. The molecule has 1 heterocycles. The first-order chi connectivity index (χ1) is 9.22. The summed E-state index contributed by atoms with van der Waals surface area (Å²) in [5, 5.41) is 15.9. The lowest BCUT2D eigenvalue weighted by molar-refractivity contribution is 0.226. The van der Waals surface area contributed by atoms with E-state index in [-0.39, 0.29) is 18.8 Å². The first-order valence-electron chi connectivity index (χ1n) is 7.10. The number of nitrogens with one attached hydrogen (secondary N) is 2. The van der Waals surface area contributed by atoms with Crippen molar-refractivity contribution in [3.63, 3.8) is 0 Å². The number of aliphatic hydroxyl groups excluding tert-OH is 1. The second kappa shape index (κ2) is 6.78. The number of hydrogen-bond acceptors (Lipinski definition) is 4. The van der Waals surface area contributed by atoms with E-state index in [1.807, 2.05) is 6.07 Å². The molecule has 0 saturated carbocycles. The average molecular weight is 264 g/mol. The third-order valence-corrected chi connectivity index (χ3v) is 3.51. The maximum Gasteiger partial charge on any atom is 0.142 e. The summed E-state index contributed by atoms with van der Waals surface area (Å²) in [7, 11) is 0. The fourth-order valence-electron chi connectivity index (χ4n) is 2.24. The Bertz CT molecular complexity index is 405. The topological polar surface area (TPSA) is 53.5 Å². The monoisotopic (exact) mass is 264 g/mol. The predicted octanol–water partition coefficient (Wildman–Crippen LogP) is 1.78. The highest BCUT2D eigenvalue weighted by Crippen LogP contribution is 2.29. The van der Waals surface area contributed by atoms with Crippen LogP contribution in [0, 0.1) is 0 Å². The molecule has 0 spiro atoms. The van der Waals surface area contributed by atoms with E-state index >= 15 is 0 Å². The molecule has 2 unspecified atom stereocenters. The van der Waals surface area contributed by atoms with Gasteiger partial charge in [0.1, 0.15) is 11.9 Å². The molecular weight excluding hydrogens is 240 g/mol. The normalized spacial score (nSPS) is 19.2. The molecule has 1 aromatic carbocycles. The molecule has 0 radical (unpaired) electrons. The van der Waals surface area contributed by atoms with Crippen LogP contribution in [-0.2, 0) is 6.42 Å². The summed E-state index contributed by atoms with van der Waals surface area (Å²) in [5.41, 5.74) is 2.37. The van der Waals surface area contributed by atoms with E-state index in [1.54, 1.807) is 0 Å². The van der Waals surface area contributed by atoms with Gasteiger partial charge in [-0.25, -0.2) is 0 Å². The Morgan fingerprint density at radius 2 is 2.37 bits per heavy atom. The van der Waals surface area contributed by atoms with Crippen LogP contribution in [0.3, 0.4) is 0 Å². The Labute approximate surface area is 115 Å². The molecule has 0 fully saturated rings. The summed E-state index contributed by atoms with van der Waals surface area (Å²) in [6.07, 6.45) is 2.14. The molecule has 2 atom stereocenters. The molecule has 0 saturated heterocycles. The molecule has 0 bridgehead atoms. The van der Waals surface area contributed by atoms with Crippen LogP contribution in [0.15, 0.2) is 18.2 Å². The SMILES string of the molecule is CCC(CO)NCCc1ccc2c(c1)NCC(C)O2. The minimum Gasteiger partial charge on any atom is -0.487 e. The molecule has 4 nitrogen and oxygen atoms in total. The van der Waals surface area contributed by atoms with E-state index in [2.05, 4.69) is 36.6 Å². The third-order valence-electron chi connectivity index (χ3n) is 3.51. The number of ether oxygens (including phenoxy) is 1. The van der Waals surface area contributed by atoms with Crippen molar-refractivity contribution in [1.29, 1.82) is 0 Å². The number of anilines is 1. The van der Waals surface area contributed by atoms with E-state index in [4.69, 9.17) is 9.84 Å². The van der Waals surface area contributed by atoms with Crippen molar-refractivity contribution in [1.82, 2.24) is 5.32 Å². The fraction of sp³-hybridized carbons (Fsp3) is 0.600. The molecule has 1 aliphatic rings. The second-order valence-electron chi connectivity index (χ2n) is 5.13. The fourth-order valence-corrected chi connectivity index (χ4v) is 2.24. The molecular formula is C15H24N2O2. The van der Waals surface area contributed by atoms with Gasteiger partial charge in [0.25, 0.3) is 0 Å². The molecule has 19 heavy (non-hydrogen) atoms. The number of fused-ring (bicyclic) bond motifs is 1. The van der Waals surface area contributed by atoms with Gasteiger partial charge in [-0.2, -0.15) is 0 Å². The third kappa shape index (κ3) is 3.85. The summed E-state index contributed by atoms with van der Waals surface area (Å²) in [4.78, 5) is 0. The standard InChI is InChI=1S/C15H24N2O2/c1-3-13(10-18)16-7-6-12-4-5-15-14(8-12)17-9-11(2)19-15/h4-5,8,11,13,16-18H,3,6-7,9-10H2,1-2H3. The number of benzene rings is 1. The zero-order valence-corrected chi connectivity index (χ0v) is 11.8. The largest absolute Gasteiger partial charge is 0.487 e. The van der Waals surface area contributed by atoms with Crippen molar-refractivity contribution in [2.45, 2.75) is 38.8 Å². The van der Waals surface area contributed by atoms with E-state index in [1.165, 1.54) is 5.56 Å². The van der Waals surface area contributed by atoms with Crippen LogP contribution < -0.4 is 15.4 Å². The molecule has 106 valence electrons. The lowest BCUT2D eigenvalue weighted by Crippen LogP contribution is -2.33. The summed E-state index contributed by atoms with van der Waals surface area (Å²) in [5.74, 6) is 0.942. The predicted molar refractivity (Wildman–Crippen MR) is 77.9 cm³/mol. The Kier molecular flexibility index (Phi) is 5.05. The van der Waals surface area contributed by atoms with Crippen molar-refractivity contribution in [2.24, 2.45) is 0 Å². The van der Waals surface area contributed by atoms with Crippen LogP contribution in [0.25, 0.3) is 0 Å². The van der Waals surface area contributed by atoms with Crippen molar-refractivity contribution < 1.29 is 9.84 Å². The summed E-state index contributed by atoms with van der Waals surface area (Å²) in [6, 6.07) is 6.51. The van der Waals surface area contributed by atoms with Gasteiger partial charge in [-0.1, -0.05) is 13.0 Å². The minimum absolute atomic E-state index is 0.202. The Hall–Kier alpha value is -1.26. The Balaban J connectivity index is 1.88. The van der Waals surface area contributed by atoms with Crippen molar-refractivity contribution in [3.05, 3.63) is 23.8 Å². The zero-order valence-electron chi connectivity index (χ0n) is 11.8. The maximum absolute atomic E-state index is 9.12. The van der Waals surface area contributed by atoms with E-state index in [9.17, 15) is 0 Å². The maximum atomic E-state index is 9.12. The van der Waals surface area contributed by atoms with Gasteiger partial charge < -0.3 is 20.5 Å². The summed E-state index contributed by atoms with van der Waals surface area (Å²) < 4.78 is 5.75. The highest BCUT2D eigenvalue weighted by molar-refractivity contribution is 5.59. The minimum atomic E-state index is 0.202. The van der Waals surface area contributed by atoms with Gasteiger partial charge in [0.15, 0.2) is 0 Å². The molecule has 1 aliphatic heterocycles. The van der Waals surface area contributed by atoms with E-state index in [0.717, 1.165) is 37.4 Å². The molecule has 3 N–H and O–H groups in total. The highest BCUT2D eigenvalue weighted by Gasteiger charge is 2.15. The van der Waals surface area contributed by atoms with Crippen LogP contribution in [0.1, 0.15) is 25.8 Å². The lowest BCUT2D eigenvalue weighted by Gasteiger charge is -2.25. The van der Waals surface area contributed by atoms with Crippen molar-refractivity contribution in [2.75, 3.05) is 25.0 Å². The number of hydrogen-bond donors (Lipinski definition) is 3. The van der Waals surface area contributed by atoms with Crippen LogP contribution in [0.4, 0.5) is 5.69 Å². The van der Waals surface area contributed by atoms with Gasteiger partial charge in [0, 0.05) is 6.04 Å².